The van der Waals surface area contributed by atoms with Gasteiger partial charge in [0.25, 0.3) is 5.91 Å². The van der Waals surface area contributed by atoms with Crippen LogP contribution in [0.25, 0.3) is 0 Å². The van der Waals surface area contributed by atoms with Crippen molar-refractivity contribution in [1.82, 2.24) is 10.2 Å². The normalized spacial score (nSPS) is 16.3. The lowest BCUT2D eigenvalue weighted by Crippen LogP contribution is -2.47. The summed E-state index contributed by atoms with van der Waals surface area (Å²) in [5.74, 6) is 0.205. The second kappa shape index (κ2) is 6.92. The molecule has 0 radical (unpaired) electrons. The summed E-state index contributed by atoms with van der Waals surface area (Å²) in [4.78, 5) is 26.8. The Morgan fingerprint density at radius 3 is 2.48 bits per heavy atom. The molecule has 0 unspecified atom stereocenters. The van der Waals surface area contributed by atoms with E-state index in [-0.39, 0.29) is 23.8 Å². The zero-order chi connectivity index (χ0) is 15.6. The number of hydrogen-bond donors (Lipinski definition) is 1. The van der Waals surface area contributed by atoms with E-state index in [1.165, 1.54) is 11.3 Å². The zero-order valence-corrected chi connectivity index (χ0v) is 15.0. The molecule has 0 atom stereocenters. The number of carbonyl (C=O) groups is 2. The molecule has 0 aliphatic carbocycles. The summed E-state index contributed by atoms with van der Waals surface area (Å²) in [5.41, 5.74) is 1.10. The van der Waals surface area contributed by atoms with Crippen molar-refractivity contribution in [2.45, 2.75) is 39.7 Å². The molecule has 0 bridgehead atoms. The van der Waals surface area contributed by atoms with E-state index >= 15 is 0 Å². The molecule has 1 aromatic rings. The maximum absolute atomic E-state index is 12.4. The van der Waals surface area contributed by atoms with Crippen molar-refractivity contribution in [3.63, 3.8) is 0 Å². The predicted molar refractivity (Wildman–Crippen MR) is 88.7 cm³/mol. The highest BCUT2D eigenvalue weighted by atomic mass is 79.9. The van der Waals surface area contributed by atoms with E-state index in [0.29, 0.717) is 13.1 Å². The van der Waals surface area contributed by atoms with Gasteiger partial charge in [-0.25, -0.2) is 0 Å². The van der Waals surface area contributed by atoms with Crippen molar-refractivity contribution in [3.8, 4) is 0 Å². The molecule has 2 amide bonds. The number of thiophene rings is 1. The van der Waals surface area contributed by atoms with Crippen molar-refractivity contribution < 1.29 is 9.59 Å². The average Bonchev–Trinajstić information content (AvgIpc) is 2.78. The molecule has 0 saturated carbocycles. The minimum atomic E-state index is 0.0103. The second-order valence-corrected chi connectivity index (χ2v) is 8.17. The van der Waals surface area contributed by atoms with Crippen LogP contribution in [0.1, 0.15) is 41.9 Å². The first kappa shape index (κ1) is 16.5. The molecule has 0 aromatic carbocycles. The third kappa shape index (κ3) is 4.07. The third-order valence-electron chi connectivity index (χ3n) is 3.72. The molecule has 0 spiro atoms. The van der Waals surface area contributed by atoms with Gasteiger partial charge in [0.2, 0.25) is 5.91 Å². The van der Waals surface area contributed by atoms with Crippen LogP contribution in [0.3, 0.4) is 0 Å². The van der Waals surface area contributed by atoms with Crippen molar-refractivity contribution in [2.75, 3.05) is 13.1 Å². The number of aryl methyl sites for hydroxylation is 1. The van der Waals surface area contributed by atoms with Crippen LogP contribution >= 0.6 is 27.3 Å². The van der Waals surface area contributed by atoms with Crippen molar-refractivity contribution in [2.24, 2.45) is 5.92 Å². The Labute approximate surface area is 138 Å². The summed E-state index contributed by atoms with van der Waals surface area (Å²) >= 11 is 4.95. The van der Waals surface area contributed by atoms with Crippen LogP contribution in [0.5, 0.6) is 0 Å². The largest absolute Gasteiger partial charge is 0.353 e. The highest BCUT2D eigenvalue weighted by Crippen LogP contribution is 2.28. The standard InChI is InChI=1S/C15H21BrN2O2S/c1-9(2)14(19)17-11-4-6-18(7-5-11)15(20)12-8-10(3)13(16)21-12/h8-9,11H,4-7H2,1-3H3,(H,17,19). The first-order valence-electron chi connectivity index (χ1n) is 7.24. The van der Waals surface area contributed by atoms with E-state index in [2.05, 4.69) is 21.2 Å². The van der Waals surface area contributed by atoms with Crippen LogP contribution in [-0.4, -0.2) is 35.8 Å². The number of hydrogen-bond acceptors (Lipinski definition) is 3. The molecule has 1 saturated heterocycles. The molecule has 2 heterocycles. The summed E-state index contributed by atoms with van der Waals surface area (Å²) in [7, 11) is 0. The molecule has 4 nitrogen and oxygen atoms in total. The molecule has 21 heavy (non-hydrogen) atoms. The summed E-state index contributed by atoms with van der Waals surface area (Å²) in [5, 5.41) is 3.05. The number of piperidine rings is 1. The molecule has 1 fully saturated rings. The second-order valence-electron chi connectivity index (χ2n) is 5.80. The van der Waals surface area contributed by atoms with Gasteiger partial charge in [-0.05, 0) is 47.3 Å². The van der Waals surface area contributed by atoms with E-state index in [9.17, 15) is 9.59 Å². The highest BCUT2D eigenvalue weighted by molar-refractivity contribution is 9.11. The molecular formula is C15H21BrN2O2S. The van der Waals surface area contributed by atoms with E-state index in [1.807, 2.05) is 31.7 Å². The first-order valence-corrected chi connectivity index (χ1v) is 8.85. The lowest BCUT2D eigenvalue weighted by atomic mass is 10.0. The van der Waals surface area contributed by atoms with Crippen LogP contribution in [0.2, 0.25) is 0 Å². The summed E-state index contributed by atoms with van der Waals surface area (Å²) < 4.78 is 1.02. The number of likely N-dealkylation sites (tertiary alicyclic amines) is 1. The maximum atomic E-state index is 12.4. The smallest absolute Gasteiger partial charge is 0.263 e. The molecular weight excluding hydrogens is 352 g/mol. The Hall–Kier alpha value is -0.880. The Morgan fingerprint density at radius 1 is 1.38 bits per heavy atom. The average molecular weight is 373 g/mol. The van der Waals surface area contributed by atoms with Gasteiger partial charge in [-0.15, -0.1) is 11.3 Å². The van der Waals surface area contributed by atoms with Gasteiger partial charge < -0.3 is 10.2 Å². The Kier molecular flexibility index (Phi) is 5.43. The number of halogens is 1. The molecule has 1 aliphatic heterocycles. The van der Waals surface area contributed by atoms with E-state index < -0.39 is 0 Å². The van der Waals surface area contributed by atoms with Crippen molar-refractivity contribution in [1.29, 1.82) is 0 Å². The maximum Gasteiger partial charge on any atom is 0.263 e. The Morgan fingerprint density at radius 2 is 2.00 bits per heavy atom. The number of rotatable bonds is 3. The van der Waals surface area contributed by atoms with Gasteiger partial charge >= 0.3 is 0 Å². The Bertz CT molecular complexity index is 514. The summed E-state index contributed by atoms with van der Waals surface area (Å²) in [6.07, 6.45) is 1.66. The number of carbonyl (C=O) groups excluding carboxylic acids is 2. The van der Waals surface area contributed by atoms with Crippen LogP contribution in [-0.2, 0) is 4.79 Å². The summed E-state index contributed by atoms with van der Waals surface area (Å²) in [6.45, 7) is 7.19. The minimum absolute atomic E-state index is 0.0103. The van der Waals surface area contributed by atoms with Gasteiger partial charge in [-0.3, -0.25) is 9.59 Å². The SMILES string of the molecule is Cc1cc(C(=O)N2CCC(NC(=O)C(C)C)CC2)sc1Br. The molecule has 1 aliphatic rings. The van der Waals surface area contributed by atoms with Gasteiger partial charge in [0.05, 0.1) is 8.66 Å². The van der Waals surface area contributed by atoms with Gasteiger partial charge in [0.1, 0.15) is 0 Å². The fourth-order valence-corrected chi connectivity index (χ4v) is 3.82. The molecule has 116 valence electrons. The fraction of sp³-hybridized carbons (Fsp3) is 0.600. The molecule has 1 N–H and O–H groups in total. The van der Waals surface area contributed by atoms with E-state index in [4.69, 9.17) is 0 Å². The van der Waals surface area contributed by atoms with Crippen LogP contribution in [0, 0.1) is 12.8 Å². The van der Waals surface area contributed by atoms with Crippen LogP contribution in [0.15, 0.2) is 9.85 Å². The number of nitrogens with zero attached hydrogens (tertiary/aromatic N) is 1. The molecule has 2 rings (SSSR count). The van der Waals surface area contributed by atoms with Crippen LogP contribution in [0.4, 0.5) is 0 Å². The van der Waals surface area contributed by atoms with Gasteiger partial charge in [-0.1, -0.05) is 13.8 Å². The highest BCUT2D eigenvalue weighted by Gasteiger charge is 2.26. The first-order chi connectivity index (χ1) is 9.88. The van der Waals surface area contributed by atoms with Gasteiger partial charge in [0, 0.05) is 25.0 Å². The predicted octanol–water partition coefficient (Wildman–Crippen LogP) is 3.20. The van der Waals surface area contributed by atoms with Crippen molar-refractivity contribution in [3.05, 3.63) is 20.3 Å². The lowest BCUT2D eigenvalue weighted by Gasteiger charge is -2.32. The summed E-state index contributed by atoms with van der Waals surface area (Å²) in [6, 6.07) is 2.13. The third-order valence-corrected chi connectivity index (χ3v) is 5.85. The van der Waals surface area contributed by atoms with Crippen molar-refractivity contribution >= 4 is 39.1 Å². The molecule has 6 heteroatoms. The number of amides is 2. The number of nitrogens with one attached hydrogen (secondary N) is 1. The van der Waals surface area contributed by atoms with Gasteiger partial charge in [-0.2, -0.15) is 0 Å². The van der Waals surface area contributed by atoms with E-state index in [0.717, 1.165) is 27.1 Å². The monoisotopic (exact) mass is 372 g/mol. The Balaban J connectivity index is 1.89. The van der Waals surface area contributed by atoms with Gasteiger partial charge in [0.15, 0.2) is 0 Å². The quantitative estimate of drug-likeness (QED) is 0.885. The van der Waals surface area contributed by atoms with E-state index in [1.54, 1.807) is 0 Å². The fourth-order valence-electron chi connectivity index (χ4n) is 2.32. The zero-order valence-electron chi connectivity index (χ0n) is 12.6. The minimum Gasteiger partial charge on any atom is -0.353 e. The van der Waals surface area contributed by atoms with Crippen LogP contribution < -0.4 is 5.32 Å². The lowest BCUT2D eigenvalue weighted by molar-refractivity contribution is -0.124. The topological polar surface area (TPSA) is 49.4 Å². The molecule has 1 aromatic heterocycles.